The van der Waals surface area contributed by atoms with Gasteiger partial charge in [0.15, 0.2) is 5.16 Å². The molecule has 3 aromatic rings. The molecule has 160 valence electrons. The van der Waals surface area contributed by atoms with E-state index in [1.54, 1.807) is 31.2 Å². The summed E-state index contributed by atoms with van der Waals surface area (Å²) in [7, 11) is 1.30. The molecule has 8 heteroatoms. The van der Waals surface area contributed by atoms with Gasteiger partial charge in [0, 0.05) is 22.2 Å². The number of methoxy groups -OCH3 is 1. The fourth-order valence-electron chi connectivity index (χ4n) is 2.98. The van der Waals surface area contributed by atoms with Gasteiger partial charge >= 0.3 is 5.97 Å². The van der Waals surface area contributed by atoms with E-state index in [2.05, 4.69) is 20.0 Å². The van der Waals surface area contributed by atoms with E-state index in [-0.39, 0.29) is 23.1 Å². The third-order valence-corrected chi connectivity index (χ3v) is 5.73. The van der Waals surface area contributed by atoms with Crippen LogP contribution in [0.5, 0.6) is 0 Å². The van der Waals surface area contributed by atoms with Crippen LogP contribution in [0.4, 0.5) is 5.69 Å². The van der Waals surface area contributed by atoms with E-state index < -0.39 is 5.97 Å². The van der Waals surface area contributed by atoms with Gasteiger partial charge in [-0.1, -0.05) is 42.1 Å². The summed E-state index contributed by atoms with van der Waals surface area (Å²) in [6, 6.07) is 16.3. The minimum atomic E-state index is -0.453. The monoisotopic (exact) mass is 437 g/mol. The number of hydrogen-bond donors (Lipinski definition) is 2. The number of aryl methyl sites for hydroxylation is 1. The Bertz CT molecular complexity index is 1130. The van der Waals surface area contributed by atoms with E-state index in [1.807, 2.05) is 37.3 Å². The molecule has 0 unspecified atom stereocenters. The Kier molecular flexibility index (Phi) is 7.25. The van der Waals surface area contributed by atoms with Gasteiger partial charge in [-0.15, -0.1) is 0 Å². The number of thioether (sulfide) groups is 1. The molecular weight excluding hydrogens is 414 g/mol. The third-order valence-electron chi connectivity index (χ3n) is 4.69. The van der Waals surface area contributed by atoms with Crippen LogP contribution in [0.2, 0.25) is 0 Å². The van der Waals surface area contributed by atoms with Gasteiger partial charge in [0.2, 0.25) is 5.91 Å². The van der Waals surface area contributed by atoms with Crippen molar-refractivity contribution >= 4 is 29.3 Å². The Morgan fingerprint density at radius 2 is 1.81 bits per heavy atom. The number of carbonyl (C=O) groups is 2. The van der Waals surface area contributed by atoms with Crippen LogP contribution in [0, 0.1) is 6.92 Å². The molecule has 0 aliphatic heterocycles. The summed E-state index contributed by atoms with van der Waals surface area (Å²) in [4.78, 5) is 43.7. The van der Waals surface area contributed by atoms with Crippen molar-refractivity contribution in [1.82, 2.24) is 9.97 Å². The zero-order valence-corrected chi connectivity index (χ0v) is 18.3. The van der Waals surface area contributed by atoms with Crippen LogP contribution < -0.4 is 10.9 Å². The van der Waals surface area contributed by atoms with Crippen LogP contribution >= 0.6 is 11.8 Å². The number of hydrogen-bond acceptors (Lipinski definition) is 6. The maximum Gasteiger partial charge on any atom is 0.337 e. The lowest BCUT2D eigenvalue weighted by Gasteiger charge is -2.12. The number of ether oxygens (including phenoxy) is 1. The first kappa shape index (κ1) is 22.3. The van der Waals surface area contributed by atoms with Crippen molar-refractivity contribution in [2.24, 2.45) is 0 Å². The number of benzene rings is 2. The van der Waals surface area contributed by atoms with Gasteiger partial charge < -0.3 is 15.0 Å². The normalized spacial score (nSPS) is 11.6. The van der Waals surface area contributed by atoms with Crippen molar-refractivity contribution in [2.75, 3.05) is 12.4 Å². The quantitative estimate of drug-likeness (QED) is 0.330. The van der Waals surface area contributed by atoms with Crippen LogP contribution in [0.1, 0.15) is 39.4 Å². The maximum atomic E-state index is 12.6. The van der Waals surface area contributed by atoms with Gasteiger partial charge in [0.05, 0.1) is 19.1 Å². The molecule has 1 atom stereocenters. The van der Waals surface area contributed by atoms with Gasteiger partial charge in [-0.25, -0.2) is 9.78 Å². The Morgan fingerprint density at radius 3 is 2.42 bits per heavy atom. The number of H-pyrrole nitrogens is 1. The van der Waals surface area contributed by atoms with Crippen molar-refractivity contribution in [1.29, 1.82) is 0 Å². The highest BCUT2D eigenvalue weighted by atomic mass is 32.2. The molecule has 7 nitrogen and oxygen atoms in total. The summed E-state index contributed by atoms with van der Waals surface area (Å²) in [6.45, 7) is 3.77. The molecule has 1 aromatic heterocycles. The van der Waals surface area contributed by atoms with E-state index in [0.717, 1.165) is 5.56 Å². The first-order chi connectivity index (χ1) is 14.9. The minimum Gasteiger partial charge on any atom is -0.465 e. The molecular formula is C23H23N3O4S. The van der Waals surface area contributed by atoms with Crippen molar-refractivity contribution < 1.29 is 14.3 Å². The molecule has 0 aliphatic carbocycles. The fraction of sp³-hybridized carbons (Fsp3) is 0.217. The summed E-state index contributed by atoms with van der Waals surface area (Å²) in [5.74, 6) is -0.801. The summed E-state index contributed by atoms with van der Waals surface area (Å²) >= 11 is 1.46. The molecule has 1 heterocycles. The molecule has 0 bridgehead atoms. The van der Waals surface area contributed by atoms with E-state index in [1.165, 1.54) is 18.9 Å². The average Bonchev–Trinajstić information content (AvgIpc) is 2.77. The van der Waals surface area contributed by atoms with Gasteiger partial charge in [0.1, 0.15) is 0 Å². The van der Waals surface area contributed by atoms with Crippen LogP contribution in [-0.4, -0.2) is 29.0 Å². The lowest BCUT2D eigenvalue weighted by molar-refractivity contribution is -0.115. The average molecular weight is 438 g/mol. The number of nitrogens with zero attached hydrogens (tertiary/aromatic N) is 1. The fourth-order valence-corrected chi connectivity index (χ4v) is 3.95. The van der Waals surface area contributed by atoms with E-state index in [0.29, 0.717) is 27.7 Å². The lowest BCUT2D eigenvalue weighted by Crippen LogP contribution is -2.23. The molecule has 2 aromatic carbocycles. The summed E-state index contributed by atoms with van der Waals surface area (Å²) in [5.41, 5.74) is 2.54. The molecule has 31 heavy (non-hydrogen) atoms. The van der Waals surface area contributed by atoms with Crippen molar-refractivity contribution in [3.05, 3.63) is 87.3 Å². The number of carbonyl (C=O) groups excluding carboxylic acids is 2. The first-order valence-electron chi connectivity index (χ1n) is 9.67. The Labute approximate surface area is 184 Å². The van der Waals surface area contributed by atoms with Crippen LogP contribution in [0.25, 0.3) is 0 Å². The predicted molar refractivity (Wildman–Crippen MR) is 120 cm³/mol. The molecule has 3 rings (SSSR count). The number of amides is 1. The van der Waals surface area contributed by atoms with Gasteiger partial charge in [-0.2, -0.15) is 0 Å². The Hall–Kier alpha value is -3.39. The zero-order chi connectivity index (χ0) is 22.4. The highest BCUT2D eigenvalue weighted by molar-refractivity contribution is 7.99. The van der Waals surface area contributed by atoms with Gasteiger partial charge in [-0.3, -0.25) is 9.59 Å². The summed E-state index contributed by atoms with van der Waals surface area (Å²) in [5, 5.41) is 3.35. The van der Waals surface area contributed by atoms with Crippen LogP contribution in [0.15, 0.2) is 64.5 Å². The van der Waals surface area contributed by atoms with Gasteiger partial charge in [0.25, 0.3) is 5.56 Å². The molecule has 0 saturated heterocycles. The SMILES string of the molecule is COC(=O)c1ccc(NC(=O)Cc2c(C)nc(S[C@@H](C)c3ccccc3)[nH]c2=O)cc1. The van der Waals surface area contributed by atoms with E-state index in [4.69, 9.17) is 0 Å². The highest BCUT2D eigenvalue weighted by Gasteiger charge is 2.15. The Morgan fingerprint density at radius 1 is 1.13 bits per heavy atom. The largest absolute Gasteiger partial charge is 0.465 e. The highest BCUT2D eigenvalue weighted by Crippen LogP contribution is 2.32. The predicted octanol–water partition coefficient (Wildman–Crippen LogP) is 3.90. The maximum absolute atomic E-state index is 12.6. The molecule has 0 saturated carbocycles. The number of rotatable bonds is 7. The second-order valence-corrected chi connectivity index (χ2v) is 8.23. The van der Waals surface area contributed by atoms with Crippen molar-refractivity contribution in [3.8, 4) is 0 Å². The summed E-state index contributed by atoms with van der Waals surface area (Å²) in [6.07, 6.45) is -0.105. The molecule has 0 aliphatic rings. The van der Waals surface area contributed by atoms with Crippen LogP contribution in [0.3, 0.4) is 0 Å². The topological polar surface area (TPSA) is 101 Å². The number of aromatic amines is 1. The second-order valence-electron chi connectivity index (χ2n) is 6.90. The number of aromatic nitrogens is 2. The minimum absolute atomic E-state index is 0.105. The standard InChI is InChI=1S/C23H23N3O4S/c1-14-19(13-20(27)25-18-11-9-17(10-12-18)22(29)30-3)21(28)26-23(24-14)31-15(2)16-7-5-4-6-8-16/h4-12,15H,13H2,1-3H3,(H,25,27)(H,24,26,28)/t15-/m0/s1. The summed E-state index contributed by atoms with van der Waals surface area (Å²) < 4.78 is 4.65. The first-order valence-corrected chi connectivity index (χ1v) is 10.5. The smallest absolute Gasteiger partial charge is 0.337 e. The molecule has 1 amide bonds. The Balaban J connectivity index is 1.67. The van der Waals surface area contributed by atoms with Crippen LogP contribution in [-0.2, 0) is 16.0 Å². The second kappa shape index (κ2) is 10.1. The number of anilines is 1. The molecule has 0 fully saturated rings. The number of esters is 1. The third kappa shape index (κ3) is 5.82. The lowest BCUT2D eigenvalue weighted by atomic mass is 10.1. The number of nitrogens with one attached hydrogen (secondary N) is 2. The van der Waals surface area contributed by atoms with E-state index >= 15 is 0 Å². The molecule has 0 radical (unpaired) electrons. The molecule has 2 N–H and O–H groups in total. The van der Waals surface area contributed by atoms with Crippen molar-refractivity contribution in [2.45, 2.75) is 30.7 Å². The zero-order valence-electron chi connectivity index (χ0n) is 17.5. The van der Waals surface area contributed by atoms with Crippen molar-refractivity contribution in [3.63, 3.8) is 0 Å². The van der Waals surface area contributed by atoms with Gasteiger partial charge in [-0.05, 0) is 43.7 Å². The van der Waals surface area contributed by atoms with E-state index in [9.17, 15) is 14.4 Å². The molecule has 0 spiro atoms.